The summed E-state index contributed by atoms with van der Waals surface area (Å²) in [4.78, 5) is 15.3. The summed E-state index contributed by atoms with van der Waals surface area (Å²) in [6.07, 6.45) is 5.02. The summed E-state index contributed by atoms with van der Waals surface area (Å²) in [6, 6.07) is 7.91. The van der Waals surface area contributed by atoms with Gasteiger partial charge < -0.3 is 20.7 Å². The van der Waals surface area contributed by atoms with E-state index in [2.05, 4.69) is 20.9 Å². The molecule has 0 saturated heterocycles. The Labute approximate surface area is 160 Å². The van der Waals surface area contributed by atoms with E-state index in [4.69, 9.17) is 4.74 Å². The fraction of sp³-hybridized carbons (Fsp3) is 0.529. The lowest BCUT2D eigenvalue weighted by atomic mass is 10.2. The molecule has 1 aromatic carbocycles. The minimum absolute atomic E-state index is 0. The quantitative estimate of drug-likeness (QED) is 0.272. The van der Waals surface area contributed by atoms with E-state index in [1.54, 1.807) is 7.05 Å². The zero-order chi connectivity index (χ0) is 16.5. The van der Waals surface area contributed by atoms with Crippen LogP contribution in [0.2, 0.25) is 0 Å². The number of carbonyl (C=O) groups excluding carboxylic acids is 1. The highest BCUT2D eigenvalue weighted by Crippen LogP contribution is 2.18. The third-order valence-corrected chi connectivity index (χ3v) is 3.74. The van der Waals surface area contributed by atoms with Crippen LogP contribution in [0.25, 0.3) is 0 Å². The maximum absolute atomic E-state index is 11.1. The van der Waals surface area contributed by atoms with Crippen LogP contribution in [-0.4, -0.2) is 38.1 Å². The lowest BCUT2D eigenvalue weighted by molar-refractivity contribution is -0.114. The van der Waals surface area contributed by atoms with Crippen LogP contribution in [0.3, 0.4) is 0 Å². The molecule has 0 unspecified atom stereocenters. The summed E-state index contributed by atoms with van der Waals surface area (Å²) in [6.45, 7) is 2.67. The molecule has 1 aromatic rings. The van der Waals surface area contributed by atoms with Crippen molar-refractivity contribution in [2.45, 2.75) is 38.6 Å². The molecule has 1 saturated carbocycles. The average molecular weight is 446 g/mol. The number of rotatable bonds is 6. The second kappa shape index (κ2) is 11.1. The number of ether oxygens (including phenoxy) is 1. The van der Waals surface area contributed by atoms with E-state index in [1.807, 2.05) is 24.3 Å². The first-order valence-electron chi connectivity index (χ1n) is 8.15. The number of halogens is 1. The molecule has 0 radical (unpaired) electrons. The Balaban J connectivity index is 0.00000288. The molecule has 2 rings (SSSR count). The van der Waals surface area contributed by atoms with Crippen LogP contribution >= 0.6 is 24.0 Å². The molecule has 1 amide bonds. The second-order valence-electron chi connectivity index (χ2n) is 5.68. The summed E-state index contributed by atoms with van der Waals surface area (Å²) in [5.41, 5.74) is 0.738. The Kier molecular flexibility index (Phi) is 9.51. The minimum Gasteiger partial charge on any atom is -0.492 e. The first-order valence-corrected chi connectivity index (χ1v) is 8.15. The van der Waals surface area contributed by atoms with Gasteiger partial charge in [0.25, 0.3) is 0 Å². The van der Waals surface area contributed by atoms with Crippen LogP contribution in [0.15, 0.2) is 29.3 Å². The van der Waals surface area contributed by atoms with Crippen LogP contribution < -0.4 is 20.7 Å². The van der Waals surface area contributed by atoms with Crippen molar-refractivity contribution in [3.8, 4) is 5.75 Å². The predicted octanol–water partition coefficient (Wildman–Crippen LogP) is 2.75. The first-order chi connectivity index (χ1) is 11.2. The molecule has 134 valence electrons. The SMILES string of the molecule is CN=C(NCCOc1cccc(NC(C)=O)c1)NC1CCCC1.I. The van der Waals surface area contributed by atoms with Crippen molar-refractivity contribution in [1.82, 2.24) is 10.6 Å². The van der Waals surface area contributed by atoms with E-state index < -0.39 is 0 Å². The fourth-order valence-corrected chi connectivity index (χ4v) is 2.66. The summed E-state index contributed by atoms with van der Waals surface area (Å²) < 4.78 is 5.70. The second-order valence-corrected chi connectivity index (χ2v) is 5.68. The van der Waals surface area contributed by atoms with Crippen molar-refractivity contribution in [3.05, 3.63) is 24.3 Å². The zero-order valence-corrected chi connectivity index (χ0v) is 16.6. The Hall–Kier alpha value is -1.51. The van der Waals surface area contributed by atoms with Gasteiger partial charge >= 0.3 is 0 Å². The lowest BCUT2D eigenvalue weighted by Crippen LogP contribution is -2.43. The zero-order valence-electron chi connectivity index (χ0n) is 14.3. The molecule has 0 aliphatic heterocycles. The Bertz CT molecular complexity index is 545. The number of amides is 1. The van der Waals surface area contributed by atoms with Crippen LogP contribution in [0.5, 0.6) is 5.75 Å². The summed E-state index contributed by atoms with van der Waals surface area (Å²) in [7, 11) is 1.78. The highest BCUT2D eigenvalue weighted by atomic mass is 127. The molecule has 7 heteroatoms. The number of benzene rings is 1. The lowest BCUT2D eigenvalue weighted by Gasteiger charge is -2.17. The van der Waals surface area contributed by atoms with E-state index in [-0.39, 0.29) is 29.9 Å². The van der Waals surface area contributed by atoms with Gasteiger partial charge in [0, 0.05) is 31.8 Å². The molecule has 0 bridgehead atoms. The van der Waals surface area contributed by atoms with Crippen LogP contribution in [-0.2, 0) is 4.79 Å². The topological polar surface area (TPSA) is 74.8 Å². The van der Waals surface area contributed by atoms with E-state index in [9.17, 15) is 4.79 Å². The third-order valence-electron chi connectivity index (χ3n) is 3.74. The van der Waals surface area contributed by atoms with Crippen molar-refractivity contribution in [3.63, 3.8) is 0 Å². The first kappa shape index (κ1) is 20.5. The van der Waals surface area contributed by atoms with Gasteiger partial charge in [0.1, 0.15) is 12.4 Å². The van der Waals surface area contributed by atoms with Gasteiger partial charge in [-0.1, -0.05) is 18.9 Å². The van der Waals surface area contributed by atoms with Crippen molar-refractivity contribution in [2.75, 3.05) is 25.5 Å². The third kappa shape index (κ3) is 7.37. The molecular weight excluding hydrogens is 419 g/mol. The Morgan fingerprint density at radius 1 is 1.33 bits per heavy atom. The van der Waals surface area contributed by atoms with Gasteiger partial charge in [0.15, 0.2) is 5.96 Å². The number of hydrogen-bond donors (Lipinski definition) is 3. The highest BCUT2D eigenvalue weighted by molar-refractivity contribution is 14.0. The van der Waals surface area contributed by atoms with Crippen LogP contribution in [0.1, 0.15) is 32.6 Å². The predicted molar refractivity (Wildman–Crippen MR) is 108 cm³/mol. The number of aliphatic imine (C=N–C) groups is 1. The van der Waals surface area contributed by atoms with Gasteiger partial charge in [-0.25, -0.2) is 0 Å². The molecule has 6 nitrogen and oxygen atoms in total. The fourth-order valence-electron chi connectivity index (χ4n) is 2.66. The molecule has 0 spiro atoms. The molecule has 1 fully saturated rings. The Morgan fingerprint density at radius 2 is 2.08 bits per heavy atom. The van der Waals surface area contributed by atoms with Gasteiger partial charge in [0.05, 0.1) is 6.54 Å². The van der Waals surface area contributed by atoms with Crippen molar-refractivity contribution >= 4 is 41.5 Å². The van der Waals surface area contributed by atoms with Crippen molar-refractivity contribution in [1.29, 1.82) is 0 Å². The minimum atomic E-state index is -0.0920. The molecule has 1 aliphatic rings. The van der Waals surface area contributed by atoms with Gasteiger partial charge in [-0.2, -0.15) is 0 Å². The largest absolute Gasteiger partial charge is 0.492 e. The number of anilines is 1. The Morgan fingerprint density at radius 3 is 2.75 bits per heavy atom. The van der Waals surface area contributed by atoms with E-state index >= 15 is 0 Å². The molecule has 0 heterocycles. The van der Waals surface area contributed by atoms with Crippen molar-refractivity contribution in [2.24, 2.45) is 4.99 Å². The molecule has 0 atom stereocenters. The smallest absolute Gasteiger partial charge is 0.221 e. The van der Waals surface area contributed by atoms with Crippen molar-refractivity contribution < 1.29 is 9.53 Å². The summed E-state index contributed by atoms with van der Waals surface area (Å²) in [5.74, 6) is 1.47. The summed E-state index contributed by atoms with van der Waals surface area (Å²) in [5, 5.41) is 9.43. The van der Waals surface area contributed by atoms with Gasteiger partial charge in [-0.15, -0.1) is 24.0 Å². The van der Waals surface area contributed by atoms with Gasteiger partial charge in [-0.05, 0) is 25.0 Å². The maximum atomic E-state index is 11.1. The van der Waals surface area contributed by atoms with E-state index in [0.717, 1.165) is 17.4 Å². The number of nitrogens with zero attached hydrogens (tertiary/aromatic N) is 1. The molecule has 3 N–H and O–H groups in total. The van der Waals surface area contributed by atoms with E-state index in [1.165, 1.54) is 32.6 Å². The molecule has 1 aliphatic carbocycles. The monoisotopic (exact) mass is 446 g/mol. The number of carbonyl (C=O) groups is 1. The van der Waals surface area contributed by atoms with Gasteiger partial charge in [-0.3, -0.25) is 9.79 Å². The number of nitrogens with one attached hydrogen (secondary N) is 3. The number of hydrogen-bond acceptors (Lipinski definition) is 3. The normalized spacial score (nSPS) is 14.7. The number of guanidine groups is 1. The highest BCUT2D eigenvalue weighted by Gasteiger charge is 2.15. The average Bonchev–Trinajstić information content (AvgIpc) is 3.03. The van der Waals surface area contributed by atoms with Crippen LogP contribution in [0, 0.1) is 0 Å². The van der Waals surface area contributed by atoms with E-state index in [0.29, 0.717) is 19.2 Å². The molecule has 0 aromatic heterocycles. The maximum Gasteiger partial charge on any atom is 0.221 e. The molecular formula is C17H27IN4O2. The molecule has 24 heavy (non-hydrogen) atoms. The standard InChI is InChI=1S/C17H26N4O2.HI/c1-13(22)20-15-8-5-9-16(12-15)23-11-10-19-17(18-2)21-14-6-3-4-7-14;/h5,8-9,12,14H,3-4,6-7,10-11H2,1-2H3,(H,20,22)(H2,18,19,21);1H. The van der Waals surface area contributed by atoms with Gasteiger partial charge in [0.2, 0.25) is 5.91 Å². The summed E-state index contributed by atoms with van der Waals surface area (Å²) >= 11 is 0. The van der Waals surface area contributed by atoms with Crippen LogP contribution in [0.4, 0.5) is 5.69 Å².